The predicted molar refractivity (Wildman–Crippen MR) is 79.7 cm³/mol. The van der Waals surface area contributed by atoms with E-state index in [0.29, 0.717) is 6.04 Å². The summed E-state index contributed by atoms with van der Waals surface area (Å²) in [5, 5.41) is 3.50. The van der Waals surface area contributed by atoms with Crippen molar-refractivity contribution in [3.8, 4) is 5.75 Å². The van der Waals surface area contributed by atoms with Crippen LogP contribution in [0.25, 0.3) is 0 Å². The number of rotatable bonds is 9. The molecule has 2 unspecified atom stereocenters. The minimum absolute atomic E-state index is 0.167. The lowest BCUT2D eigenvalue weighted by atomic mass is 10.0. The van der Waals surface area contributed by atoms with Crippen LogP contribution in [0.2, 0.25) is 0 Å². The second kappa shape index (κ2) is 8.94. The lowest BCUT2D eigenvalue weighted by Crippen LogP contribution is -2.22. The molecule has 0 aliphatic heterocycles. The van der Waals surface area contributed by atoms with Gasteiger partial charge in [-0.3, -0.25) is 0 Å². The molecule has 0 saturated carbocycles. The first-order valence-electron chi connectivity index (χ1n) is 7.20. The molecule has 3 nitrogen and oxygen atoms in total. The summed E-state index contributed by atoms with van der Waals surface area (Å²) in [4.78, 5) is 0. The fourth-order valence-corrected chi connectivity index (χ4v) is 2.16. The van der Waals surface area contributed by atoms with Crippen molar-refractivity contribution in [3.63, 3.8) is 0 Å². The van der Waals surface area contributed by atoms with Crippen molar-refractivity contribution in [2.45, 2.75) is 45.8 Å². The van der Waals surface area contributed by atoms with E-state index < -0.39 is 0 Å². The summed E-state index contributed by atoms with van der Waals surface area (Å²) in [5.74, 6) is 0.985. The molecular weight excluding hydrogens is 238 g/mol. The number of ether oxygens (including phenoxy) is 2. The third-order valence-corrected chi connectivity index (χ3v) is 3.21. The molecule has 1 N–H and O–H groups in total. The van der Waals surface area contributed by atoms with Gasteiger partial charge in [-0.1, -0.05) is 32.0 Å². The first kappa shape index (κ1) is 16.0. The van der Waals surface area contributed by atoms with Gasteiger partial charge in [0.1, 0.15) is 5.75 Å². The maximum atomic E-state index is 6.06. The molecule has 0 fully saturated rings. The molecule has 108 valence electrons. The van der Waals surface area contributed by atoms with E-state index in [1.54, 1.807) is 7.11 Å². The van der Waals surface area contributed by atoms with Crippen LogP contribution >= 0.6 is 0 Å². The summed E-state index contributed by atoms with van der Waals surface area (Å²) in [6.45, 7) is 8.11. The summed E-state index contributed by atoms with van der Waals surface area (Å²) in [5.41, 5.74) is 1.25. The van der Waals surface area contributed by atoms with E-state index in [9.17, 15) is 0 Å². The van der Waals surface area contributed by atoms with Crippen molar-refractivity contribution < 1.29 is 9.47 Å². The number of para-hydroxylation sites is 1. The summed E-state index contributed by atoms with van der Waals surface area (Å²) in [6, 6.07) is 8.66. The number of nitrogens with one attached hydrogen (secondary N) is 1. The largest absolute Gasteiger partial charge is 0.490 e. The van der Waals surface area contributed by atoms with Crippen molar-refractivity contribution in [1.82, 2.24) is 5.32 Å². The molecule has 1 aromatic rings. The molecule has 3 heteroatoms. The second-order valence-corrected chi connectivity index (χ2v) is 4.77. The van der Waals surface area contributed by atoms with Crippen LogP contribution in [0.5, 0.6) is 5.75 Å². The van der Waals surface area contributed by atoms with Gasteiger partial charge in [0.15, 0.2) is 0 Å². The summed E-state index contributed by atoms with van der Waals surface area (Å²) in [7, 11) is 1.72. The highest BCUT2D eigenvalue weighted by atomic mass is 16.5. The normalized spacial score (nSPS) is 14.1. The Morgan fingerprint density at radius 1 is 1.21 bits per heavy atom. The SMILES string of the molecule is CCNC(CC)c1ccccc1OC(C)CCOC. The second-order valence-electron chi connectivity index (χ2n) is 4.77. The fraction of sp³-hybridized carbons (Fsp3) is 0.625. The highest BCUT2D eigenvalue weighted by Crippen LogP contribution is 2.28. The summed E-state index contributed by atoms with van der Waals surface area (Å²) >= 11 is 0. The van der Waals surface area contributed by atoms with Crippen molar-refractivity contribution >= 4 is 0 Å². The molecule has 0 saturated heterocycles. The zero-order valence-electron chi connectivity index (χ0n) is 12.6. The van der Waals surface area contributed by atoms with Crippen LogP contribution in [0.1, 0.15) is 45.2 Å². The van der Waals surface area contributed by atoms with Gasteiger partial charge < -0.3 is 14.8 Å². The number of methoxy groups -OCH3 is 1. The monoisotopic (exact) mass is 265 g/mol. The van der Waals surface area contributed by atoms with Gasteiger partial charge in [0, 0.05) is 31.7 Å². The molecule has 1 rings (SSSR count). The molecule has 0 radical (unpaired) electrons. The quantitative estimate of drug-likeness (QED) is 0.740. The molecule has 0 aromatic heterocycles. The maximum Gasteiger partial charge on any atom is 0.124 e. The standard InChI is InChI=1S/C16H27NO2/c1-5-15(17-6-2)14-9-7-8-10-16(14)19-13(3)11-12-18-4/h7-10,13,15,17H,5-6,11-12H2,1-4H3. The van der Waals surface area contributed by atoms with Gasteiger partial charge in [-0.2, -0.15) is 0 Å². The lowest BCUT2D eigenvalue weighted by Gasteiger charge is -2.22. The Morgan fingerprint density at radius 2 is 1.95 bits per heavy atom. The van der Waals surface area contributed by atoms with E-state index in [1.165, 1.54) is 5.56 Å². The Bertz CT molecular complexity index is 354. The molecule has 0 amide bonds. The van der Waals surface area contributed by atoms with Crippen molar-refractivity contribution in [2.24, 2.45) is 0 Å². The van der Waals surface area contributed by atoms with Crippen LogP contribution in [-0.2, 0) is 4.74 Å². The Kier molecular flexibility index (Phi) is 7.53. The zero-order chi connectivity index (χ0) is 14.1. The molecule has 0 aliphatic carbocycles. The molecule has 0 heterocycles. The van der Waals surface area contributed by atoms with E-state index >= 15 is 0 Å². The van der Waals surface area contributed by atoms with Gasteiger partial charge in [-0.25, -0.2) is 0 Å². The summed E-state index contributed by atoms with van der Waals surface area (Å²) < 4.78 is 11.2. The van der Waals surface area contributed by atoms with E-state index in [2.05, 4.69) is 44.3 Å². The number of hydrogen-bond acceptors (Lipinski definition) is 3. The third kappa shape index (κ3) is 5.21. The predicted octanol–water partition coefficient (Wildman–Crippen LogP) is 3.55. The van der Waals surface area contributed by atoms with Gasteiger partial charge in [-0.05, 0) is 26.0 Å². The molecule has 0 aliphatic rings. The highest BCUT2D eigenvalue weighted by molar-refractivity contribution is 5.36. The average Bonchev–Trinajstić information content (AvgIpc) is 2.43. The highest BCUT2D eigenvalue weighted by Gasteiger charge is 2.14. The molecule has 0 bridgehead atoms. The van der Waals surface area contributed by atoms with Crippen LogP contribution < -0.4 is 10.1 Å². The summed E-state index contributed by atoms with van der Waals surface area (Å²) in [6.07, 6.45) is 2.13. The Labute approximate surface area is 117 Å². The molecular formula is C16H27NO2. The lowest BCUT2D eigenvalue weighted by molar-refractivity contribution is 0.134. The van der Waals surface area contributed by atoms with Crippen LogP contribution in [0.3, 0.4) is 0 Å². The van der Waals surface area contributed by atoms with Crippen molar-refractivity contribution in [3.05, 3.63) is 29.8 Å². The molecule has 1 aromatic carbocycles. The molecule has 19 heavy (non-hydrogen) atoms. The van der Waals surface area contributed by atoms with E-state index in [1.807, 2.05) is 6.07 Å². The van der Waals surface area contributed by atoms with Gasteiger partial charge in [0.2, 0.25) is 0 Å². The van der Waals surface area contributed by atoms with Crippen LogP contribution in [0.4, 0.5) is 0 Å². The van der Waals surface area contributed by atoms with Crippen LogP contribution in [0.15, 0.2) is 24.3 Å². The van der Waals surface area contributed by atoms with Crippen molar-refractivity contribution in [1.29, 1.82) is 0 Å². The Hall–Kier alpha value is -1.06. The molecule has 2 atom stereocenters. The van der Waals surface area contributed by atoms with Crippen LogP contribution in [-0.4, -0.2) is 26.4 Å². The Balaban J connectivity index is 2.76. The number of hydrogen-bond donors (Lipinski definition) is 1. The van der Waals surface area contributed by atoms with Gasteiger partial charge in [0.05, 0.1) is 6.10 Å². The van der Waals surface area contributed by atoms with E-state index in [0.717, 1.165) is 31.7 Å². The fourth-order valence-electron chi connectivity index (χ4n) is 2.16. The topological polar surface area (TPSA) is 30.5 Å². The van der Waals surface area contributed by atoms with Gasteiger partial charge in [-0.15, -0.1) is 0 Å². The van der Waals surface area contributed by atoms with Gasteiger partial charge in [0.25, 0.3) is 0 Å². The third-order valence-electron chi connectivity index (χ3n) is 3.21. The van der Waals surface area contributed by atoms with Crippen molar-refractivity contribution in [2.75, 3.05) is 20.3 Å². The van der Waals surface area contributed by atoms with E-state index in [-0.39, 0.29) is 6.10 Å². The maximum absolute atomic E-state index is 6.06. The zero-order valence-corrected chi connectivity index (χ0v) is 12.6. The minimum Gasteiger partial charge on any atom is -0.490 e. The average molecular weight is 265 g/mol. The minimum atomic E-state index is 0.167. The Morgan fingerprint density at radius 3 is 2.58 bits per heavy atom. The first-order chi connectivity index (χ1) is 9.22. The van der Waals surface area contributed by atoms with E-state index in [4.69, 9.17) is 9.47 Å². The van der Waals surface area contributed by atoms with Crippen LogP contribution in [0, 0.1) is 0 Å². The number of benzene rings is 1. The van der Waals surface area contributed by atoms with Gasteiger partial charge >= 0.3 is 0 Å². The smallest absolute Gasteiger partial charge is 0.124 e. The molecule has 0 spiro atoms. The first-order valence-corrected chi connectivity index (χ1v) is 7.20.